The third-order valence-electron chi connectivity index (χ3n) is 2.69. The van der Waals surface area contributed by atoms with Crippen molar-refractivity contribution in [1.82, 2.24) is 0 Å². The van der Waals surface area contributed by atoms with Gasteiger partial charge in [-0.05, 0) is 32.4 Å². The lowest BCUT2D eigenvalue weighted by molar-refractivity contribution is 0.288. The monoisotopic (exact) mass is 301 g/mol. The minimum Gasteiger partial charge on any atom is -0.490 e. The Balaban J connectivity index is 2.48. The molecule has 1 aromatic rings. The molecule has 0 aromatic heterocycles. The van der Waals surface area contributed by atoms with Crippen molar-refractivity contribution in [3.05, 3.63) is 24.3 Å². The zero-order chi connectivity index (χ0) is 15.0. The van der Waals surface area contributed by atoms with E-state index in [0.29, 0.717) is 24.5 Å². The first-order valence-electron chi connectivity index (χ1n) is 6.75. The summed E-state index contributed by atoms with van der Waals surface area (Å²) in [4.78, 5) is 0. The van der Waals surface area contributed by atoms with Gasteiger partial charge in [-0.1, -0.05) is 12.1 Å². The van der Waals surface area contributed by atoms with Crippen molar-refractivity contribution in [2.24, 2.45) is 5.73 Å². The third kappa shape index (κ3) is 6.25. The maximum Gasteiger partial charge on any atom is 0.161 e. The lowest BCUT2D eigenvalue weighted by Crippen LogP contribution is -2.23. The van der Waals surface area contributed by atoms with E-state index < -0.39 is 9.84 Å². The van der Waals surface area contributed by atoms with Gasteiger partial charge >= 0.3 is 0 Å². The number of ether oxygens (including phenoxy) is 2. The van der Waals surface area contributed by atoms with Crippen molar-refractivity contribution in [2.75, 3.05) is 24.7 Å². The van der Waals surface area contributed by atoms with Gasteiger partial charge in [0.2, 0.25) is 0 Å². The summed E-state index contributed by atoms with van der Waals surface area (Å²) in [5.74, 6) is 1.28. The fourth-order valence-electron chi connectivity index (χ4n) is 1.59. The summed E-state index contributed by atoms with van der Waals surface area (Å²) in [6, 6.07) is 7.12. The van der Waals surface area contributed by atoms with Crippen molar-refractivity contribution in [2.45, 2.75) is 26.3 Å². The molecule has 0 aliphatic heterocycles. The van der Waals surface area contributed by atoms with E-state index in [0.717, 1.165) is 0 Å². The van der Waals surface area contributed by atoms with Gasteiger partial charge in [0, 0.05) is 6.04 Å². The van der Waals surface area contributed by atoms with Crippen LogP contribution < -0.4 is 15.2 Å². The van der Waals surface area contributed by atoms with Gasteiger partial charge in [-0.2, -0.15) is 0 Å². The molecular weight excluding hydrogens is 278 g/mol. The molecule has 1 unspecified atom stereocenters. The average molecular weight is 301 g/mol. The predicted molar refractivity (Wildman–Crippen MR) is 80.0 cm³/mol. The summed E-state index contributed by atoms with van der Waals surface area (Å²) < 4.78 is 34.4. The number of para-hydroxylation sites is 2. The first kappa shape index (κ1) is 16.8. The number of benzene rings is 1. The molecule has 1 aromatic carbocycles. The zero-order valence-corrected chi connectivity index (χ0v) is 12.9. The highest BCUT2D eigenvalue weighted by molar-refractivity contribution is 7.91. The SMILES string of the molecule is CCOc1ccccc1OCCS(=O)(=O)CCC(C)N. The van der Waals surface area contributed by atoms with Gasteiger partial charge in [-0.15, -0.1) is 0 Å². The Morgan fingerprint density at radius 1 is 1.15 bits per heavy atom. The molecule has 6 heteroatoms. The van der Waals surface area contributed by atoms with E-state index in [1.807, 2.05) is 19.1 Å². The van der Waals surface area contributed by atoms with Crippen LogP contribution in [0.3, 0.4) is 0 Å². The maximum absolute atomic E-state index is 11.8. The van der Waals surface area contributed by atoms with Gasteiger partial charge in [-0.25, -0.2) is 8.42 Å². The van der Waals surface area contributed by atoms with Crippen LogP contribution in [0.2, 0.25) is 0 Å². The highest BCUT2D eigenvalue weighted by atomic mass is 32.2. The van der Waals surface area contributed by atoms with Gasteiger partial charge in [0.1, 0.15) is 6.61 Å². The van der Waals surface area contributed by atoms with Crippen LogP contribution in [-0.2, 0) is 9.84 Å². The lowest BCUT2D eigenvalue weighted by atomic mass is 10.3. The fraction of sp³-hybridized carbons (Fsp3) is 0.571. The van der Waals surface area contributed by atoms with Crippen LogP contribution >= 0.6 is 0 Å². The van der Waals surface area contributed by atoms with E-state index in [1.54, 1.807) is 19.1 Å². The Morgan fingerprint density at radius 2 is 1.75 bits per heavy atom. The molecule has 2 N–H and O–H groups in total. The van der Waals surface area contributed by atoms with Crippen LogP contribution in [0.25, 0.3) is 0 Å². The molecule has 5 nitrogen and oxygen atoms in total. The number of nitrogens with two attached hydrogens (primary N) is 1. The van der Waals surface area contributed by atoms with Crippen LogP contribution in [0.5, 0.6) is 11.5 Å². The molecule has 1 atom stereocenters. The van der Waals surface area contributed by atoms with Gasteiger partial charge in [-0.3, -0.25) is 0 Å². The summed E-state index contributed by atoms with van der Waals surface area (Å²) >= 11 is 0. The first-order chi connectivity index (χ1) is 9.44. The largest absolute Gasteiger partial charge is 0.490 e. The van der Waals surface area contributed by atoms with Gasteiger partial charge in [0.25, 0.3) is 0 Å². The van der Waals surface area contributed by atoms with E-state index in [-0.39, 0.29) is 24.2 Å². The topological polar surface area (TPSA) is 78.6 Å². The smallest absolute Gasteiger partial charge is 0.161 e. The van der Waals surface area contributed by atoms with Crippen molar-refractivity contribution in [1.29, 1.82) is 0 Å². The predicted octanol–water partition coefficient (Wildman–Crippen LogP) is 1.62. The third-order valence-corrected chi connectivity index (χ3v) is 4.33. The van der Waals surface area contributed by atoms with Crippen LogP contribution in [0.1, 0.15) is 20.3 Å². The van der Waals surface area contributed by atoms with Crippen LogP contribution in [-0.4, -0.2) is 39.2 Å². The Hall–Kier alpha value is -1.27. The Kier molecular flexibility index (Phi) is 6.81. The first-order valence-corrected chi connectivity index (χ1v) is 8.57. The summed E-state index contributed by atoms with van der Waals surface area (Å²) in [6.07, 6.45) is 0.470. The van der Waals surface area contributed by atoms with Crippen molar-refractivity contribution in [3.8, 4) is 11.5 Å². The highest BCUT2D eigenvalue weighted by Crippen LogP contribution is 2.26. The number of rotatable bonds is 9. The Bertz CT molecular complexity index is 500. The zero-order valence-electron chi connectivity index (χ0n) is 12.0. The minimum atomic E-state index is -3.12. The number of hydrogen-bond acceptors (Lipinski definition) is 5. The van der Waals surface area contributed by atoms with Crippen LogP contribution in [0.15, 0.2) is 24.3 Å². The average Bonchev–Trinajstić information content (AvgIpc) is 2.39. The van der Waals surface area contributed by atoms with Gasteiger partial charge in [0.15, 0.2) is 21.3 Å². The van der Waals surface area contributed by atoms with E-state index in [9.17, 15) is 8.42 Å². The molecule has 0 saturated heterocycles. The van der Waals surface area contributed by atoms with E-state index in [4.69, 9.17) is 15.2 Å². The molecule has 0 saturated carbocycles. The van der Waals surface area contributed by atoms with Gasteiger partial charge < -0.3 is 15.2 Å². The molecule has 0 bridgehead atoms. The molecule has 0 aliphatic rings. The second-order valence-electron chi connectivity index (χ2n) is 4.65. The molecule has 1 rings (SSSR count). The van der Waals surface area contributed by atoms with Crippen LogP contribution in [0, 0.1) is 0 Å². The second-order valence-corrected chi connectivity index (χ2v) is 6.95. The Labute approximate surface area is 121 Å². The van der Waals surface area contributed by atoms with Crippen molar-refractivity contribution in [3.63, 3.8) is 0 Å². The standard InChI is InChI=1S/C14H23NO4S/c1-3-18-13-6-4-5-7-14(13)19-9-11-20(16,17)10-8-12(2)15/h4-7,12H,3,8-11,15H2,1-2H3. The fourth-order valence-corrected chi connectivity index (χ4v) is 2.86. The van der Waals surface area contributed by atoms with E-state index in [2.05, 4.69) is 0 Å². The van der Waals surface area contributed by atoms with E-state index in [1.165, 1.54) is 0 Å². The van der Waals surface area contributed by atoms with Gasteiger partial charge in [0.05, 0.1) is 18.1 Å². The molecule has 20 heavy (non-hydrogen) atoms. The molecule has 0 fully saturated rings. The molecule has 0 radical (unpaired) electrons. The summed E-state index contributed by atoms with van der Waals surface area (Å²) in [7, 11) is -3.12. The van der Waals surface area contributed by atoms with Crippen molar-refractivity contribution < 1.29 is 17.9 Å². The summed E-state index contributed by atoms with van der Waals surface area (Å²) in [6.45, 7) is 4.33. The highest BCUT2D eigenvalue weighted by Gasteiger charge is 2.13. The molecule has 0 spiro atoms. The molecular formula is C14H23NO4S. The van der Waals surface area contributed by atoms with Crippen molar-refractivity contribution >= 4 is 9.84 Å². The Morgan fingerprint density at radius 3 is 2.30 bits per heavy atom. The van der Waals surface area contributed by atoms with Crippen LogP contribution in [0.4, 0.5) is 0 Å². The molecule has 114 valence electrons. The van der Waals surface area contributed by atoms with E-state index >= 15 is 0 Å². The number of sulfone groups is 1. The molecule has 0 aliphatic carbocycles. The summed E-state index contributed by atoms with van der Waals surface area (Å²) in [5, 5.41) is 0. The molecule has 0 amide bonds. The minimum absolute atomic E-state index is 0.0137. The second kappa shape index (κ2) is 8.11. The quantitative estimate of drug-likeness (QED) is 0.750. The molecule has 0 heterocycles. The summed E-state index contributed by atoms with van der Waals surface area (Å²) in [5.41, 5.74) is 5.56. The number of hydrogen-bond donors (Lipinski definition) is 1. The maximum atomic E-state index is 11.8. The normalized spacial score (nSPS) is 12.9. The lowest BCUT2D eigenvalue weighted by Gasteiger charge is -2.12.